The zero-order chi connectivity index (χ0) is 12.8. The summed E-state index contributed by atoms with van der Waals surface area (Å²) in [5.41, 5.74) is 0. The lowest BCUT2D eigenvalue weighted by atomic mass is 10.3. The van der Waals surface area contributed by atoms with Gasteiger partial charge in [-0.15, -0.1) is 11.3 Å². The molecule has 0 spiro atoms. The first-order chi connectivity index (χ1) is 8.81. The predicted octanol–water partition coefficient (Wildman–Crippen LogP) is 2.51. The smallest absolute Gasteiger partial charge is 0.0589 e. The molecule has 2 rings (SSSR count). The molecule has 1 aliphatic carbocycles. The fraction of sp³-hybridized carbons (Fsp3) is 0.714. The molecule has 0 bridgehead atoms. The molecule has 0 aromatic carbocycles. The SMILES string of the molecule is COCCN(CCNC(C)c1cccs1)C1CC1. The lowest BCUT2D eigenvalue weighted by molar-refractivity contribution is 0.143. The summed E-state index contributed by atoms with van der Waals surface area (Å²) < 4.78 is 5.18. The van der Waals surface area contributed by atoms with Crippen LogP contribution < -0.4 is 5.32 Å². The molecule has 1 saturated carbocycles. The molecule has 1 N–H and O–H groups in total. The van der Waals surface area contributed by atoms with Crippen LogP contribution in [0, 0.1) is 0 Å². The maximum absolute atomic E-state index is 5.18. The molecule has 0 amide bonds. The van der Waals surface area contributed by atoms with Crippen molar-refractivity contribution in [1.82, 2.24) is 10.2 Å². The maximum atomic E-state index is 5.18. The fourth-order valence-electron chi connectivity index (χ4n) is 2.19. The molecule has 18 heavy (non-hydrogen) atoms. The number of nitrogens with zero attached hydrogens (tertiary/aromatic N) is 1. The molecule has 1 atom stereocenters. The van der Waals surface area contributed by atoms with E-state index in [4.69, 9.17) is 4.74 Å². The van der Waals surface area contributed by atoms with Crippen LogP contribution in [0.25, 0.3) is 0 Å². The monoisotopic (exact) mass is 268 g/mol. The fourth-order valence-corrected chi connectivity index (χ4v) is 2.95. The second-order valence-corrected chi connectivity index (χ2v) is 5.93. The van der Waals surface area contributed by atoms with Crippen molar-refractivity contribution in [2.45, 2.75) is 31.8 Å². The van der Waals surface area contributed by atoms with E-state index in [0.29, 0.717) is 6.04 Å². The Morgan fingerprint density at radius 2 is 2.33 bits per heavy atom. The minimum Gasteiger partial charge on any atom is -0.383 e. The van der Waals surface area contributed by atoms with E-state index in [1.807, 2.05) is 11.3 Å². The largest absolute Gasteiger partial charge is 0.383 e. The molecule has 0 saturated heterocycles. The average molecular weight is 268 g/mol. The summed E-state index contributed by atoms with van der Waals surface area (Å²) in [5, 5.41) is 5.74. The van der Waals surface area contributed by atoms with E-state index in [-0.39, 0.29) is 0 Å². The van der Waals surface area contributed by atoms with Gasteiger partial charge in [-0.25, -0.2) is 0 Å². The van der Waals surface area contributed by atoms with E-state index < -0.39 is 0 Å². The Kier molecular flexibility index (Phi) is 5.63. The predicted molar refractivity (Wildman–Crippen MR) is 77.2 cm³/mol. The van der Waals surface area contributed by atoms with Gasteiger partial charge in [-0.05, 0) is 31.2 Å². The highest BCUT2D eigenvalue weighted by Crippen LogP contribution is 2.26. The quantitative estimate of drug-likeness (QED) is 0.745. The summed E-state index contributed by atoms with van der Waals surface area (Å²) >= 11 is 1.83. The van der Waals surface area contributed by atoms with Crippen molar-refractivity contribution >= 4 is 11.3 Å². The molecule has 1 heterocycles. The van der Waals surface area contributed by atoms with Crippen LogP contribution in [0.2, 0.25) is 0 Å². The van der Waals surface area contributed by atoms with Crippen molar-refractivity contribution in [3.63, 3.8) is 0 Å². The van der Waals surface area contributed by atoms with Crippen LogP contribution in [0.5, 0.6) is 0 Å². The van der Waals surface area contributed by atoms with E-state index in [2.05, 4.69) is 34.7 Å². The molecule has 0 radical (unpaired) electrons. The van der Waals surface area contributed by atoms with Crippen molar-refractivity contribution in [2.24, 2.45) is 0 Å². The highest BCUT2D eigenvalue weighted by atomic mass is 32.1. The lowest BCUT2D eigenvalue weighted by Gasteiger charge is -2.22. The van der Waals surface area contributed by atoms with E-state index in [9.17, 15) is 0 Å². The van der Waals surface area contributed by atoms with Gasteiger partial charge in [0.25, 0.3) is 0 Å². The van der Waals surface area contributed by atoms with Gasteiger partial charge >= 0.3 is 0 Å². The van der Waals surface area contributed by atoms with Gasteiger partial charge in [0, 0.05) is 43.7 Å². The van der Waals surface area contributed by atoms with E-state index in [0.717, 1.165) is 32.3 Å². The molecule has 3 nitrogen and oxygen atoms in total. The van der Waals surface area contributed by atoms with Gasteiger partial charge < -0.3 is 10.1 Å². The first kappa shape index (κ1) is 14.0. The molecule has 1 aromatic rings. The third-order valence-electron chi connectivity index (χ3n) is 3.47. The van der Waals surface area contributed by atoms with Crippen LogP contribution in [0.1, 0.15) is 30.7 Å². The molecular weight excluding hydrogens is 244 g/mol. The maximum Gasteiger partial charge on any atom is 0.0589 e. The summed E-state index contributed by atoms with van der Waals surface area (Å²) in [4.78, 5) is 3.97. The Balaban J connectivity index is 1.66. The topological polar surface area (TPSA) is 24.5 Å². The van der Waals surface area contributed by atoms with Crippen molar-refractivity contribution in [1.29, 1.82) is 0 Å². The lowest BCUT2D eigenvalue weighted by Crippen LogP contribution is -2.36. The van der Waals surface area contributed by atoms with Gasteiger partial charge in [0.05, 0.1) is 6.61 Å². The normalized spacial score (nSPS) is 17.3. The van der Waals surface area contributed by atoms with Gasteiger partial charge in [-0.1, -0.05) is 6.07 Å². The number of rotatable bonds is 9. The van der Waals surface area contributed by atoms with Crippen LogP contribution in [0.3, 0.4) is 0 Å². The van der Waals surface area contributed by atoms with Crippen LogP contribution in [-0.2, 0) is 4.74 Å². The Morgan fingerprint density at radius 1 is 1.50 bits per heavy atom. The van der Waals surface area contributed by atoms with Crippen molar-refractivity contribution in [3.8, 4) is 0 Å². The number of hydrogen-bond donors (Lipinski definition) is 1. The van der Waals surface area contributed by atoms with E-state index in [1.165, 1.54) is 17.7 Å². The molecular formula is C14H24N2OS. The summed E-state index contributed by atoms with van der Waals surface area (Å²) in [5.74, 6) is 0. The minimum atomic E-state index is 0.466. The van der Waals surface area contributed by atoms with E-state index >= 15 is 0 Å². The zero-order valence-electron chi connectivity index (χ0n) is 11.4. The van der Waals surface area contributed by atoms with Gasteiger partial charge in [0.15, 0.2) is 0 Å². The highest BCUT2D eigenvalue weighted by molar-refractivity contribution is 7.10. The van der Waals surface area contributed by atoms with Gasteiger partial charge in [0.1, 0.15) is 0 Å². The van der Waals surface area contributed by atoms with Crippen LogP contribution >= 0.6 is 11.3 Å². The first-order valence-electron chi connectivity index (χ1n) is 6.81. The molecule has 102 valence electrons. The number of ether oxygens (including phenoxy) is 1. The summed E-state index contributed by atoms with van der Waals surface area (Å²) in [6.07, 6.45) is 2.73. The summed E-state index contributed by atoms with van der Waals surface area (Å²) in [7, 11) is 1.78. The minimum absolute atomic E-state index is 0.466. The van der Waals surface area contributed by atoms with Crippen molar-refractivity contribution < 1.29 is 4.74 Å². The standard InChI is InChI=1S/C14H24N2OS/c1-12(14-4-3-11-18-14)15-7-8-16(9-10-17-2)13-5-6-13/h3-4,11-13,15H,5-10H2,1-2H3. The number of nitrogens with one attached hydrogen (secondary N) is 1. The number of hydrogen-bond acceptors (Lipinski definition) is 4. The Labute approximate surface area is 114 Å². The Bertz CT molecular complexity index is 325. The van der Waals surface area contributed by atoms with Crippen LogP contribution in [0.15, 0.2) is 17.5 Å². The van der Waals surface area contributed by atoms with Crippen molar-refractivity contribution in [3.05, 3.63) is 22.4 Å². The van der Waals surface area contributed by atoms with E-state index in [1.54, 1.807) is 7.11 Å². The second-order valence-electron chi connectivity index (χ2n) is 4.95. The highest BCUT2D eigenvalue weighted by Gasteiger charge is 2.28. The van der Waals surface area contributed by atoms with Crippen LogP contribution in [0.4, 0.5) is 0 Å². The third kappa shape index (κ3) is 4.35. The first-order valence-corrected chi connectivity index (χ1v) is 7.69. The van der Waals surface area contributed by atoms with Crippen molar-refractivity contribution in [2.75, 3.05) is 33.4 Å². The van der Waals surface area contributed by atoms with Crippen LogP contribution in [-0.4, -0.2) is 44.3 Å². The summed E-state index contributed by atoms with van der Waals surface area (Å²) in [6.45, 7) is 6.33. The Hall–Kier alpha value is -0.420. The molecule has 1 aromatic heterocycles. The molecule has 0 aliphatic heterocycles. The summed E-state index contributed by atoms with van der Waals surface area (Å²) in [6, 6.07) is 5.60. The zero-order valence-corrected chi connectivity index (χ0v) is 12.2. The van der Waals surface area contributed by atoms with Gasteiger partial charge in [-0.3, -0.25) is 4.90 Å². The average Bonchev–Trinajstić information content (AvgIpc) is 3.07. The second kappa shape index (κ2) is 7.24. The van der Waals surface area contributed by atoms with Gasteiger partial charge in [-0.2, -0.15) is 0 Å². The van der Waals surface area contributed by atoms with Gasteiger partial charge in [0.2, 0.25) is 0 Å². The Morgan fingerprint density at radius 3 is 2.94 bits per heavy atom. The molecule has 1 aliphatic rings. The molecule has 1 unspecified atom stereocenters. The number of thiophene rings is 1. The molecule has 1 fully saturated rings. The molecule has 4 heteroatoms. The third-order valence-corrected chi connectivity index (χ3v) is 4.52. The number of methoxy groups -OCH3 is 1.